The van der Waals surface area contributed by atoms with Crippen molar-refractivity contribution in [2.75, 3.05) is 45.4 Å². The maximum absolute atomic E-state index is 5.31. The van der Waals surface area contributed by atoms with Crippen LogP contribution in [-0.4, -0.2) is 46.6 Å². The molecule has 0 bridgehead atoms. The molecule has 4 heteroatoms. The summed E-state index contributed by atoms with van der Waals surface area (Å²) in [6.07, 6.45) is 0. The third-order valence-electron chi connectivity index (χ3n) is 3.62. The second-order valence-corrected chi connectivity index (χ2v) is 5.39. The first-order valence-corrected chi connectivity index (χ1v) is 7.68. The summed E-state index contributed by atoms with van der Waals surface area (Å²) in [5.74, 6) is 0. The molecule has 120 valence electrons. The molecule has 1 aromatic rings. The van der Waals surface area contributed by atoms with Crippen molar-refractivity contribution < 1.29 is 9.47 Å². The number of methoxy groups -OCH3 is 2. The second-order valence-electron chi connectivity index (χ2n) is 5.39. The molecule has 0 heterocycles. The number of aryl methyl sites for hydroxylation is 1. The van der Waals surface area contributed by atoms with Gasteiger partial charge in [-0.05, 0) is 32.4 Å². The van der Waals surface area contributed by atoms with Crippen LogP contribution in [0.1, 0.15) is 25.0 Å². The zero-order valence-electron chi connectivity index (χ0n) is 14.1. The quantitative estimate of drug-likeness (QED) is 0.673. The Balaban J connectivity index is 2.87. The lowest BCUT2D eigenvalue weighted by molar-refractivity contribution is 0.182. The van der Waals surface area contributed by atoms with Gasteiger partial charge in [-0.25, -0.2) is 0 Å². The Hall–Kier alpha value is -1.10. The van der Waals surface area contributed by atoms with E-state index in [2.05, 4.69) is 49.2 Å². The minimum absolute atomic E-state index is 0.362. The average Bonchev–Trinajstić information content (AvgIpc) is 2.46. The predicted octanol–water partition coefficient (Wildman–Crippen LogP) is 2.59. The van der Waals surface area contributed by atoms with Gasteiger partial charge in [0.25, 0.3) is 0 Å². The van der Waals surface area contributed by atoms with Crippen molar-refractivity contribution in [2.45, 2.75) is 33.4 Å². The Morgan fingerprint density at radius 2 is 2.00 bits per heavy atom. The Kier molecular flexibility index (Phi) is 8.35. The SMILES string of the molecule is CCN(c1ccc(C)cc1CNCCOC)C(C)COC. The van der Waals surface area contributed by atoms with Gasteiger partial charge in [-0.15, -0.1) is 0 Å². The molecule has 0 fully saturated rings. The van der Waals surface area contributed by atoms with E-state index in [0.29, 0.717) is 6.04 Å². The van der Waals surface area contributed by atoms with Crippen LogP contribution in [0, 0.1) is 6.92 Å². The molecule has 0 amide bonds. The van der Waals surface area contributed by atoms with Gasteiger partial charge in [0.1, 0.15) is 0 Å². The number of nitrogens with zero attached hydrogens (tertiary/aromatic N) is 1. The van der Waals surface area contributed by atoms with E-state index in [-0.39, 0.29) is 0 Å². The first-order valence-electron chi connectivity index (χ1n) is 7.68. The molecule has 1 rings (SSSR count). The van der Waals surface area contributed by atoms with E-state index in [1.54, 1.807) is 14.2 Å². The smallest absolute Gasteiger partial charge is 0.0663 e. The van der Waals surface area contributed by atoms with Gasteiger partial charge in [0.2, 0.25) is 0 Å². The molecule has 21 heavy (non-hydrogen) atoms. The van der Waals surface area contributed by atoms with Gasteiger partial charge in [0.05, 0.1) is 13.2 Å². The van der Waals surface area contributed by atoms with Crippen LogP contribution in [0.25, 0.3) is 0 Å². The highest BCUT2D eigenvalue weighted by atomic mass is 16.5. The minimum Gasteiger partial charge on any atom is -0.383 e. The summed E-state index contributed by atoms with van der Waals surface area (Å²) in [6.45, 7) is 10.7. The van der Waals surface area contributed by atoms with Crippen LogP contribution in [0.2, 0.25) is 0 Å². The van der Waals surface area contributed by atoms with Gasteiger partial charge in [0, 0.05) is 45.6 Å². The lowest BCUT2D eigenvalue weighted by Crippen LogP contribution is -2.37. The molecule has 0 saturated carbocycles. The van der Waals surface area contributed by atoms with E-state index in [9.17, 15) is 0 Å². The summed E-state index contributed by atoms with van der Waals surface area (Å²) in [5, 5.41) is 3.44. The third kappa shape index (κ3) is 5.65. The van der Waals surface area contributed by atoms with Crippen LogP contribution < -0.4 is 10.2 Å². The van der Waals surface area contributed by atoms with Gasteiger partial charge in [-0.1, -0.05) is 17.7 Å². The largest absolute Gasteiger partial charge is 0.383 e. The Labute approximate surface area is 129 Å². The molecule has 4 nitrogen and oxygen atoms in total. The summed E-state index contributed by atoms with van der Waals surface area (Å²) in [7, 11) is 3.48. The third-order valence-corrected chi connectivity index (χ3v) is 3.62. The summed E-state index contributed by atoms with van der Waals surface area (Å²) in [4.78, 5) is 2.40. The highest BCUT2D eigenvalue weighted by Crippen LogP contribution is 2.24. The molecule has 1 N–H and O–H groups in total. The first kappa shape index (κ1) is 18.0. The zero-order valence-corrected chi connectivity index (χ0v) is 14.1. The molecule has 0 radical (unpaired) electrons. The molecule has 0 aliphatic heterocycles. The normalized spacial score (nSPS) is 12.4. The van der Waals surface area contributed by atoms with Gasteiger partial charge in [-0.2, -0.15) is 0 Å². The Morgan fingerprint density at radius 1 is 1.24 bits per heavy atom. The number of ether oxygens (including phenoxy) is 2. The minimum atomic E-state index is 0.362. The van der Waals surface area contributed by atoms with Gasteiger partial charge >= 0.3 is 0 Å². The fourth-order valence-electron chi connectivity index (χ4n) is 2.58. The van der Waals surface area contributed by atoms with Crippen LogP contribution in [0.5, 0.6) is 0 Å². The standard InChI is InChI=1S/C17H30N2O2/c1-6-19(15(3)13-21-5)17-8-7-14(2)11-16(17)12-18-9-10-20-4/h7-8,11,15,18H,6,9-10,12-13H2,1-5H3. The van der Waals surface area contributed by atoms with E-state index >= 15 is 0 Å². The number of anilines is 1. The topological polar surface area (TPSA) is 33.7 Å². The zero-order chi connectivity index (χ0) is 15.7. The second kappa shape index (κ2) is 9.77. The van der Waals surface area contributed by atoms with Gasteiger partial charge in [-0.3, -0.25) is 0 Å². The van der Waals surface area contributed by atoms with E-state index in [4.69, 9.17) is 9.47 Å². The van der Waals surface area contributed by atoms with Crippen LogP contribution in [0.4, 0.5) is 5.69 Å². The molecule has 0 aliphatic rings. The van der Waals surface area contributed by atoms with Gasteiger partial charge < -0.3 is 19.7 Å². The monoisotopic (exact) mass is 294 g/mol. The summed E-state index contributed by atoms with van der Waals surface area (Å²) < 4.78 is 10.4. The predicted molar refractivity (Wildman–Crippen MR) is 89.1 cm³/mol. The van der Waals surface area contributed by atoms with E-state index in [0.717, 1.165) is 32.8 Å². The van der Waals surface area contributed by atoms with Crippen molar-refractivity contribution in [1.82, 2.24) is 5.32 Å². The van der Waals surface area contributed by atoms with Gasteiger partial charge in [0.15, 0.2) is 0 Å². The molecule has 1 atom stereocenters. The first-order chi connectivity index (χ1) is 10.1. The number of benzene rings is 1. The molecule has 0 spiro atoms. The van der Waals surface area contributed by atoms with Crippen LogP contribution in [0.15, 0.2) is 18.2 Å². The number of rotatable bonds is 10. The fourth-order valence-corrected chi connectivity index (χ4v) is 2.58. The molecular weight excluding hydrogens is 264 g/mol. The maximum atomic E-state index is 5.31. The fraction of sp³-hybridized carbons (Fsp3) is 0.647. The maximum Gasteiger partial charge on any atom is 0.0663 e. The molecule has 1 aromatic carbocycles. The van der Waals surface area contributed by atoms with Crippen molar-refractivity contribution >= 4 is 5.69 Å². The Bertz CT molecular complexity index is 410. The highest BCUT2D eigenvalue weighted by molar-refractivity contribution is 5.55. The van der Waals surface area contributed by atoms with Crippen LogP contribution >= 0.6 is 0 Å². The number of hydrogen-bond donors (Lipinski definition) is 1. The van der Waals surface area contributed by atoms with E-state index < -0.39 is 0 Å². The van der Waals surface area contributed by atoms with Crippen molar-refractivity contribution in [1.29, 1.82) is 0 Å². The Morgan fingerprint density at radius 3 is 2.62 bits per heavy atom. The van der Waals surface area contributed by atoms with Crippen molar-refractivity contribution in [3.63, 3.8) is 0 Å². The highest BCUT2D eigenvalue weighted by Gasteiger charge is 2.16. The van der Waals surface area contributed by atoms with Crippen molar-refractivity contribution in [3.05, 3.63) is 29.3 Å². The molecule has 0 aromatic heterocycles. The molecule has 0 aliphatic carbocycles. The average molecular weight is 294 g/mol. The van der Waals surface area contributed by atoms with Crippen LogP contribution in [-0.2, 0) is 16.0 Å². The number of hydrogen-bond acceptors (Lipinski definition) is 4. The van der Waals surface area contributed by atoms with E-state index in [1.165, 1.54) is 16.8 Å². The summed E-state index contributed by atoms with van der Waals surface area (Å²) in [6, 6.07) is 7.02. The molecule has 0 saturated heterocycles. The number of nitrogens with one attached hydrogen (secondary N) is 1. The van der Waals surface area contributed by atoms with Crippen molar-refractivity contribution in [3.8, 4) is 0 Å². The lowest BCUT2D eigenvalue weighted by atomic mass is 10.1. The van der Waals surface area contributed by atoms with Crippen LogP contribution in [0.3, 0.4) is 0 Å². The van der Waals surface area contributed by atoms with Crippen molar-refractivity contribution in [2.24, 2.45) is 0 Å². The summed E-state index contributed by atoms with van der Waals surface area (Å²) >= 11 is 0. The lowest BCUT2D eigenvalue weighted by Gasteiger charge is -2.32. The van der Waals surface area contributed by atoms with E-state index in [1.807, 2.05) is 0 Å². The molecular formula is C17H30N2O2. The number of likely N-dealkylation sites (N-methyl/N-ethyl adjacent to an activating group) is 1. The summed E-state index contributed by atoms with van der Waals surface area (Å²) in [5.41, 5.74) is 3.91. The molecule has 1 unspecified atom stereocenters.